The van der Waals surface area contributed by atoms with Crippen molar-refractivity contribution in [2.75, 3.05) is 5.32 Å². The van der Waals surface area contributed by atoms with E-state index in [-0.39, 0.29) is 17.7 Å². The largest absolute Gasteiger partial charge is 0.345 e. The number of ketones is 1. The smallest absolute Gasteiger partial charge is 0.254 e. The van der Waals surface area contributed by atoms with E-state index in [1.807, 2.05) is 37.3 Å². The van der Waals surface area contributed by atoms with Gasteiger partial charge in [0.05, 0.1) is 11.6 Å². The molecular weight excluding hydrogens is 340 g/mol. The van der Waals surface area contributed by atoms with Gasteiger partial charge in [-0.1, -0.05) is 30.3 Å². The van der Waals surface area contributed by atoms with E-state index in [4.69, 9.17) is 0 Å². The van der Waals surface area contributed by atoms with Crippen LogP contribution in [0.4, 0.5) is 11.6 Å². The van der Waals surface area contributed by atoms with Crippen LogP contribution in [0, 0.1) is 0 Å². The SMILES string of the molecule is CC(=O)c1ccc(Nc2ncc(C(=O)NC(C)c3ccccc3)cn2)cc1. The number of Topliss-reactive ketones (excluding diaryl/α,β-unsaturated/α-hetero) is 1. The topological polar surface area (TPSA) is 84.0 Å². The van der Waals surface area contributed by atoms with Crippen molar-refractivity contribution in [2.45, 2.75) is 19.9 Å². The van der Waals surface area contributed by atoms with E-state index in [0.29, 0.717) is 17.1 Å². The summed E-state index contributed by atoms with van der Waals surface area (Å²) in [6, 6.07) is 16.6. The van der Waals surface area contributed by atoms with E-state index < -0.39 is 0 Å². The number of nitrogens with zero attached hydrogens (tertiary/aromatic N) is 2. The monoisotopic (exact) mass is 360 g/mol. The van der Waals surface area contributed by atoms with Gasteiger partial charge in [-0.05, 0) is 43.7 Å². The zero-order valence-electron chi connectivity index (χ0n) is 15.1. The first-order chi connectivity index (χ1) is 13.0. The first-order valence-corrected chi connectivity index (χ1v) is 8.59. The molecule has 0 fully saturated rings. The fourth-order valence-corrected chi connectivity index (χ4v) is 2.53. The Hall–Kier alpha value is -3.54. The molecule has 6 heteroatoms. The quantitative estimate of drug-likeness (QED) is 0.651. The van der Waals surface area contributed by atoms with Crippen LogP contribution in [0.15, 0.2) is 67.0 Å². The summed E-state index contributed by atoms with van der Waals surface area (Å²) in [5.41, 5.74) is 2.81. The molecular formula is C21H20N4O2. The standard InChI is InChI=1S/C21H20N4O2/c1-14(16-6-4-3-5-7-16)24-20(27)18-12-22-21(23-13-18)25-19-10-8-17(9-11-19)15(2)26/h3-14H,1-2H3,(H,24,27)(H,22,23,25). The number of anilines is 2. The molecule has 0 aliphatic heterocycles. The van der Waals surface area contributed by atoms with Crippen LogP contribution in [-0.4, -0.2) is 21.7 Å². The molecule has 3 aromatic rings. The second-order valence-corrected chi connectivity index (χ2v) is 6.16. The van der Waals surface area contributed by atoms with Gasteiger partial charge in [-0.2, -0.15) is 0 Å². The molecule has 0 aliphatic rings. The van der Waals surface area contributed by atoms with Crippen molar-refractivity contribution in [1.82, 2.24) is 15.3 Å². The van der Waals surface area contributed by atoms with Crippen LogP contribution in [0.25, 0.3) is 0 Å². The minimum absolute atomic E-state index is 0.0119. The van der Waals surface area contributed by atoms with Crippen molar-refractivity contribution in [1.29, 1.82) is 0 Å². The third-order valence-electron chi connectivity index (χ3n) is 4.11. The van der Waals surface area contributed by atoms with Crippen LogP contribution in [-0.2, 0) is 0 Å². The van der Waals surface area contributed by atoms with Crippen LogP contribution in [0.3, 0.4) is 0 Å². The van der Waals surface area contributed by atoms with Gasteiger partial charge in [0.25, 0.3) is 5.91 Å². The molecule has 0 spiro atoms. The number of amides is 1. The number of hydrogen-bond acceptors (Lipinski definition) is 5. The molecule has 3 rings (SSSR count). The molecule has 0 aliphatic carbocycles. The summed E-state index contributed by atoms with van der Waals surface area (Å²) < 4.78 is 0. The Kier molecular flexibility index (Phi) is 5.56. The first-order valence-electron chi connectivity index (χ1n) is 8.59. The first kappa shape index (κ1) is 18.3. The van der Waals surface area contributed by atoms with Crippen LogP contribution in [0.5, 0.6) is 0 Å². The highest BCUT2D eigenvalue weighted by molar-refractivity contribution is 5.94. The van der Waals surface area contributed by atoms with Crippen molar-refractivity contribution >= 4 is 23.3 Å². The average molecular weight is 360 g/mol. The molecule has 2 N–H and O–H groups in total. The van der Waals surface area contributed by atoms with E-state index in [9.17, 15) is 9.59 Å². The average Bonchev–Trinajstić information content (AvgIpc) is 2.69. The van der Waals surface area contributed by atoms with Gasteiger partial charge in [-0.25, -0.2) is 9.97 Å². The van der Waals surface area contributed by atoms with Crippen LogP contribution in [0.1, 0.15) is 46.2 Å². The van der Waals surface area contributed by atoms with E-state index in [0.717, 1.165) is 11.3 Å². The molecule has 0 saturated carbocycles. The van der Waals surface area contributed by atoms with Crippen molar-refractivity contribution in [3.63, 3.8) is 0 Å². The highest BCUT2D eigenvalue weighted by atomic mass is 16.1. The van der Waals surface area contributed by atoms with Gasteiger partial charge < -0.3 is 10.6 Å². The number of carbonyl (C=O) groups excluding carboxylic acids is 2. The van der Waals surface area contributed by atoms with Crippen LogP contribution in [0.2, 0.25) is 0 Å². The summed E-state index contributed by atoms with van der Waals surface area (Å²) >= 11 is 0. The van der Waals surface area contributed by atoms with Gasteiger partial charge in [0, 0.05) is 23.6 Å². The van der Waals surface area contributed by atoms with Crippen LogP contribution < -0.4 is 10.6 Å². The lowest BCUT2D eigenvalue weighted by atomic mass is 10.1. The van der Waals surface area contributed by atoms with Gasteiger partial charge >= 0.3 is 0 Å². The normalized spacial score (nSPS) is 11.5. The summed E-state index contributed by atoms with van der Waals surface area (Å²) in [6.07, 6.45) is 2.96. The molecule has 136 valence electrons. The van der Waals surface area contributed by atoms with E-state index >= 15 is 0 Å². The molecule has 0 saturated heterocycles. The van der Waals surface area contributed by atoms with E-state index in [1.165, 1.54) is 19.3 Å². The van der Waals surface area contributed by atoms with Gasteiger partial charge in [-0.3, -0.25) is 9.59 Å². The van der Waals surface area contributed by atoms with Crippen molar-refractivity contribution in [3.05, 3.63) is 83.7 Å². The molecule has 27 heavy (non-hydrogen) atoms. The Morgan fingerprint density at radius 2 is 1.52 bits per heavy atom. The maximum Gasteiger partial charge on any atom is 0.254 e. The lowest BCUT2D eigenvalue weighted by Gasteiger charge is -2.14. The summed E-state index contributed by atoms with van der Waals surface area (Å²) in [4.78, 5) is 32.0. The molecule has 1 unspecified atom stereocenters. The number of nitrogens with one attached hydrogen (secondary N) is 2. The summed E-state index contributed by atoms with van der Waals surface area (Å²) in [7, 11) is 0. The molecule has 1 aromatic heterocycles. The third kappa shape index (κ3) is 4.76. The Morgan fingerprint density at radius 3 is 2.11 bits per heavy atom. The zero-order chi connectivity index (χ0) is 19.2. The molecule has 2 aromatic carbocycles. The zero-order valence-corrected chi connectivity index (χ0v) is 15.1. The molecule has 0 radical (unpaired) electrons. The Bertz CT molecular complexity index is 923. The van der Waals surface area contributed by atoms with Crippen LogP contribution >= 0.6 is 0 Å². The predicted molar refractivity (Wildman–Crippen MR) is 104 cm³/mol. The minimum Gasteiger partial charge on any atom is -0.345 e. The Morgan fingerprint density at radius 1 is 0.889 bits per heavy atom. The lowest BCUT2D eigenvalue weighted by molar-refractivity contribution is 0.0938. The van der Waals surface area contributed by atoms with Crippen molar-refractivity contribution in [2.24, 2.45) is 0 Å². The van der Waals surface area contributed by atoms with Crippen molar-refractivity contribution in [3.8, 4) is 0 Å². The molecule has 0 bridgehead atoms. The third-order valence-corrected chi connectivity index (χ3v) is 4.11. The maximum atomic E-state index is 12.4. The second-order valence-electron chi connectivity index (χ2n) is 6.16. The summed E-state index contributed by atoms with van der Waals surface area (Å²) in [5, 5.41) is 5.96. The minimum atomic E-state index is -0.233. The molecule has 1 atom stereocenters. The van der Waals surface area contributed by atoms with Crippen molar-refractivity contribution < 1.29 is 9.59 Å². The van der Waals surface area contributed by atoms with E-state index in [1.54, 1.807) is 24.3 Å². The van der Waals surface area contributed by atoms with E-state index in [2.05, 4.69) is 20.6 Å². The number of benzene rings is 2. The second kappa shape index (κ2) is 8.23. The number of carbonyl (C=O) groups is 2. The number of hydrogen-bond donors (Lipinski definition) is 2. The predicted octanol–water partition coefficient (Wildman–Crippen LogP) is 3.91. The Balaban J connectivity index is 1.62. The lowest BCUT2D eigenvalue weighted by Crippen LogP contribution is -2.26. The molecule has 1 heterocycles. The van der Waals surface area contributed by atoms with Gasteiger partial charge in [0.1, 0.15) is 0 Å². The highest BCUT2D eigenvalue weighted by Crippen LogP contribution is 2.15. The number of aromatic nitrogens is 2. The fraction of sp³-hybridized carbons (Fsp3) is 0.143. The highest BCUT2D eigenvalue weighted by Gasteiger charge is 2.12. The summed E-state index contributed by atoms with van der Waals surface area (Å²) in [6.45, 7) is 3.45. The van der Waals surface area contributed by atoms with Gasteiger partial charge in [-0.15, -0.1) is 0 Å². The molecule has 6 nitrogen and oxygen atoms in total. The number of rotatable bonds is 6. The summed E-state index contributed by atoms with van der Waals surface area (Å²) in [5.74, 6) is 0.153. The van der Waals surface area contributed by atoms with Gasteiger partial charge in [0.15, 0.2) is 5.78 Å². The van der Waals surface area contributed by atoms with Gasteiger partial charge in [0.2, 0.25) is 5.95 Å². The Labute approximate surface area is 157 Å². The molecule has 1 amide bonds. The maximum absolute atomic E-state index is 12.4. The fourth-order valence-electron chi connectivity index (χ4n) is 2.53.